The Morgan fingerprint density at radius 3 is 2.80 bits per heavy atom. The zero-order valence-corrected chi connectivity index (χ0v) is 17.7. The molecule has 2 aliphatic rings. The number of rotatable bonds is 4. The van der Waals surface area contributed by atoms with Crippen molar-refractivity contribution in [2.24, 2.45) is 5.92 Å². The van der Waals surface area contributed by atoms with Crippen molar-refractivity contribution < 1.29 is 4.79 Å². The van der Waals surface area contributed by atoms with Gasteiger partial charge in [-0.2, -0.15) is 0 Å². The number of nitrogens with zero attached hydrogens (tertiary/aromatic N) is 4. The van der Waals surface area contributed by atoms with Gasteiger partial charge in [0.1, 0.15) is 11.6 Å². The maximum absolute atomic E-state index is 12.8. The number of amides is 1. The van der Waals surface area contributed by atoms with Gasteiger partial charge in [-0.15, -0.1) is 0 Å². The van der Waals surface area contributed by atoms with E-state index in [4.69, 9.17) is 21.6 Å². The Labute approximate surface area is 181 Å². The first-order chi connectivity index (χ1) is 14.7. The molecule has 156 valence electrons. The van der Waals surface area contributed by atoms with Crippen molar-refractivity contribution in [3.63, 3.8) is 0 Å². The molecule has 0 bridgehead atoms. The molecule has 30 heavy (non-hydrogen) atoms. The van der Waals surface area contributed by atoms with E-state index in [1.165, 1.54) is 0 Å². The van der Waals surface area contributed by atoms with Gasteiger partial charge in [-0.3, -0.25) is 4.79 Å². The van der Waals surface area contributed by atoms with Crippen molar-refractivity contribution in [1.29, 1.82) is 0 Å². The smallest absolute Gasteiger partial charge is 0.227 e. The number of piperidine rings is 1. The van der Waals surface area contributed by atoms with Crippen molar-refractivity contribution in [3.8, 4) is 0 Å². The second kappa shape index (κ2) is 8.26. The molecule has 0 radical (unpaired) electrons. The number of imidazole rings is 1. The molecule has 6 nitrogen and oxygen atoms in total. The van der Waals surface area contributed by atoms with Crippen LogP contribution < -0.4 is 4.90 Å². The number of benzene rings is 1. The summed E-state index contributed by atoms with van der Waals surface area (Å²) in [6.07, 6.45) is 4.95. The van der Waals surface area contributed by atoms with E-state index in [0.717, 1.165) is 85.3 Å². The van der Waals surface area contributed by atoms with Gasteiger partial charge in [0.15, 0.2) is 5.65 Å². The Morgan fingerprint density at radius 1 is 1.10 bits per heavy atom. The van der Waals surface area contributed by atoms with Crippen LogP contribution in [0.5, 0.6) is 0 Å². The van der Waals surface area contributed by atoms with Crippen LogP contribution >= 0.6 is 11.6 Å². The van der Waals surface area contributed by atoms with E-state index in [1.54, 1.807) is 0 Å². The summed E-state index contributed by atoms with van der Waals surface area (Å²) in [5.41, 5.74) is 2.76. The number of aromatic amines is 1. The Bertz CT molecular complexity index is 1060. The molecule has 4 heterocycles. The average molecular weight is 424 g/mol. The number of carbonyl (C=O) groups is 1. The SMILES string of the molecule is O=C(C1CCCN(c2ccc3[nH]c(Cc4cccc(Cl)c4)nc3n2)C1)N1CCCC1. The van der Waals surface area contributed by atoms with Crippen LogP contribution in [0.25, 0.3) is 11.2 Å². The lowest BCUT2D eigenvalue weighted by Crippen LogP contribution is -2.44. The number of hydrogen-bond donors (Lipinski definition) is 1. The monoisotopic (exact) mass is 423 g/mol. The number of likely N-dealkylation sites (tertiary alicyclic amines) is 1. The highest BCUT2D eigenvalue weighted by Crippen LogP contribution is 2.26. The number of hydrogen-bond acceptors (Lipinski definition) is 4. The van der Waals surface area contributed by atoms with E-state index >= 15 is 0 Å². The lowest BCUT2D eigenvalue weighted by molar-refractivity contribution is -0.134. The molecule has 2 aliphatic heterocycles. The van der Waals surface area contributed by atoms with Crippen LogP contribution in [-0.2, 0) is 11.2 Å². The van der Waals surface area contributed by atoms with Crippen molar-refractivity contribution >= 4 is 34.5 Å². The molecule has 1 amide bonds. The van der Waals surface area contributed by atoms with Crippen LogP contribution in [0.2, 0.25) is 5.02 Å². The Balaban J connectivity index is 1.32. The molecule has 1 aromatic carbocycles. The first kappa shape index (κ1) is 19.4. The molecule has 1 atom stereocenters. The van der Waals surface area contributed by atoms with Crippen LogP contribution in [0.1, 0.15) is 37.1 Å². The van der Waals surface area contributed by atoms with Crippen molar-refractivity contribution in [1.82, 2.24) is 19.9 Å². The Kier molecular flexibility index (Phi) is 5.34. The zero-order valence-electron chi connectivity index (χ0n) is 17.0. The molecule has 1 unspecified atom stereocenters. The van der Waals surface area contributed by atoms with Gasteiger partial charge in [-0.1, -0.05) is 23.7 Å². The number of nitrogens with one attached hydrogen (secondary N) is 1. The molecular formula is C23H26ClN5O. The third-order valence-corrected chi connectivity index (χ3v) is 6.39. The second-order valence-corrected chi connectivity index (χ2v) is 8.78. The summed E-state index contributed by atoms with van der Waals surface area (Å²) in [5.74, 6) is 2.17. The summed E-state index contributed by atoms with van der Waals surface area (Å²) >= 11 is 6.10. The fourth-order valence-electron chi connectivity index (χ4n) is 4.62. The quantitative estimate of drug-likeness (QED) is 0.687. The number of pyridine rings is 1. The van der Waals surface area contributed by atoms with Crippen molar-refractivity contribution in [3.05, 3.63) is 52.8 Å². The molecule has 5 rings (SSSR count). The molecule has 2 saturated heterocycles. The van der Waals surface area contributed by atoms with Gasteiger partial charge in [-0.25, -0.2) is 9.97 Å². The van der Waals surface area contributed by atoms with E-state index in [-0.39, 0.29) is 5.92 Å². The summed E-state index contributed by atoms with van der Waals surface area (Å²) in [7, 11) is 0. The highest BCUT2D eigenvalue weighted by atomic mass is 35.5. The van der Waals surface area contributed by atoms with E-state index < -0.39 is 0 Å². The van der Waals surface area contributed by atoms with Gasteiger partial charge in [0.2, 0.25) is 5.91 Å². The van der Waals surface area contributed by atoms with Crippen LogP contribution in [0, 0.1) is 5.92 Å². The Morgan fingerprint density at radius 2 is 1.97 bits per heavy atom. The van der Waals surface area contributed by atoms with Crippen molar-refractivity contribution in [2.75, 3.05) is 31.1 Å². The first-order valence-corrected chi connectivity index (χ1v) is 11.2. The molecule has 0 aliphatic carbocycles. The van der Waals surface area contributed by atoms with Crippen molar-refractivity contribution in [2.45, 2.75) is 32.1 Å². The third-order valence-electron chi connectivity index (χ3n) is 6.15. The number of halogens is 1. The zero-order chi connectivity index (χ0) is 20.5. The molecule has 2 fully saturated rings. The third kappa shape index (κ3) is 4.01. The summed E-state index contributed by atoms with van der Waals surface area (Å²) in [5, 5.41) is 0.729. The lowest BCUT2D eigenvalue weighted by atomic mass is 9.96. The van der Waals surface area contributed by atoms with E-state index in [0.29, 0.717) is 12.3 Å². The van der Waals surface area contributed by atoms with E-state index in [2.05, 4.69) is 9.88 Å². The summed E-state index contributed by atoms with van der Waals surface area (Å²) < 4.78 is 0. The minimum atomic E-state index is 0.0759. The van der Waals surface area contributed by atoms with Gasteiger partial charge < -0.3 is 14.8 Å². The maximum Gasteiger partial charge on any atom is 0.227 e. The van der Waals surface area contributed by atoms with Gasteiger partial charge >= 0.3 is 0 Å². The molecular weight excluding hydrogens is 398 g/mol. The van der Waals surface area contributed by atoms with E-state index in [1.807, 2.05) is 41.3 Å². The molecule has 0 saturated carbocycles. The predicted molar refractivity (Wildman–Crippen MR) is 119 cm³/mol. The van der Waals surface area contributed by atoms with Gasteiger partial charge in [-0.05, 0) is 55.5 Å². The first-order valence-electron chi connectivity index (χ1n) is 10.8. The number of carbonyl (C=O) groups excluding carboxylic acids is 1. The van der Waals surface area contributed by atoms with Gasteiger partial charge in [0.25, 0.3) is 0 Å². The number of H-pyrrole nitrogens is 1. The van der Waals surface area contributed by atoms with Crippen LogP contribution in [0.4, 0.5) is 5.82 Å². The second-order valence-electron chi connectivity index (χ2n) is 8.35. The topological polar surface area (TPSA) is 65.1 Å². The normalized spacial score (nSPS) is 19.6. The molecule has 2 aromatic heterocycles. The summed E-state index contributed by atoms with van der Waals surface area (Å²) in [4.78, 5) is 30.0. The lowest BCUT2D eigenvalue weighted by Gasteiger charge is -2.34. The fraction of sp³-hybridized carbons (Fsp3) is 0.435. The van der Waals surface area contributed by atoms with Crippen LogP contribution in [-0.4, -0.2) is 51.9 Å². The summed E-state index contributed by atoms with van der Waals surface area (Å²) in [6, 6.07) is 11.9. The number of anilines is 1. The largest absolute Gasteiger partial charge is 0.356 e. The standard InChI is InChI=1S/C23H26ClN5O/c24-18-7-3-5-16(13-18)14-20-25-19-8-9-21(27-22(19)26-20)29-12-4-6-17(15-29)23(30)28-10-1-2-11-28/h3,5,7-9,13,17H,1-2,4,6,10-12,14-15H2,(H,25,26,27). The summed E-state index contributed by atoms with van der Waals surface area (Å²) in [6.45, 7) is 3.51. The average Bonchev–Trinajstić information content (AvgIpc) is 3.42. The Hall–Kier alpha value is -2.60. The minimum Gasteiger partial charge on any atom is -0.356 e. The van der Waals surface area contributed by atoms with Gasteiger partial charge in [0.05, 0.1) is 11.4 Å². The minimum absolute atomic E-state index is 0.0759. The highest BCUT2D eigenvalue weighted by molar-refractivity contribution is 6.30. The van der Waals surface area contributed by atoms with Crippen LogP contribution in [0.15, 0.2) is 36.4 Å². The molecule has 1 N–H and O–H groups in total. The fourth-order valence-corrected chi connectivity index (χ4v) is 4.83. The van der Waals surface area contributed by atoms with Gasteiger partial charge in [0, 0.05) is 37.6 Å². The highest BCUT2D eigenvalue weighted by Gasteiger charge is 2.31. The molecule has 0 spiro atoms. The predicted octanol–water partition coefficient (Wildman–Crippen LogP) is 4.04. The number of fused-ring (bicyclic) bond motifs is 1. The molecule has 7 heteroatoms. The van der Waals surface area contributed by atoms with Crippen LogP contribution in [0.3, 0.4) is 0 Å². The van der Waals surface area contributed by atoms with E-state index in [9.17, 15) is 4.79 Å². The molecule has 3 aromatic rings. The number of aromatic nitrogens is 3. The maximum atomic E-state index is 12.8.